The van der Waals surface area contributed by atoms with Crippen LogP contribution < -0.4 is 5.32 Å². The smallest absolute Gasteiger partial charge is 0.270 e. The van der Waals surface area contributed by atoms with Gasteiger partial charge >= 0.3 is 0 Å². The maximum atomic E-state index is 13.1. The van der Waals surface area contributed by atoms with Crippen molar-refractivity contribution in [1.29, 1.82) is 0 Å². The third kappa shape index (κ3) is 4.81. The fourth-order valence-electron chi connectivity index (χ4n) is 3.33. The van der Waals surface area contributed by atoms with Gasteiger partial charge in [0.05, 0.1) is 21.4 Å². The highest BCUT2D eigenvalue weighted by molar-refractivity contribution is 6.42. The molecule has 0 saturated heterocycles. The van der Waals surface area contributed by atoms with E-state index in [1.807, 2.05) is 36.0 Å². The van der Waals surface area contributed by atoms with Gasteiger partial charge in [-0.3, -0.25) is 4.79 Å². The minimum atomic E-state index is -0.269. The van der Waals surface area contributed by atoms with E-state index in [1.165, 1.54) is 0 Å². The minimum absolute atomic E-state index is 0.269. The molecule has 4 aromatic rings. The number of rotatable bonds is 6. The zero-order chi connectivity index (χ0) is 22.8. The summed E-state index contributed by atoms with van der Waals surface area (Å²) >= 11 is 24.5. The van der Waals surface area contributed by atoms with Gasteiger partial charge in [-0.15, -0.1) is 0 Å². The second kappa shape index (κ2) is 9.59. The first-order valence-electron chi connectivity index (χ1n) is 9.73. The van der Waals surface area contributed by atoms with Gasteiger partial charge < -0.3 is 9.88 Å². The van der Waals surface area contributed by atoms with Crippen LogP contribution in [0, 0.1) is 0 Å². The van der Waals surface area contributed by atoms with E-state index in [2.05, 4.69) is 10.4 Å². The summed E-state index contributed by atoms with van der Waals surface area (Å²) in [5.74, 6) is -0.269. The topological polar surface area (TPSA) is 51.9 Å². The van der Waals surface area contributed by atoms with Crippen molar-refractivity contribution in [2.45, 2.75) is 6.42 Å². The Hall–Kier alpha value is -2.44. The van der Waals surface area contributed by atoms with Crippen molar-refractivity contribution in [2.75, 3.05) is 6.54 Å². The Kier molecular flexibility index (Phi) is 6.82. The highest BCUT2D eigenvalue weighted by Crippen LogP contribution is 2.27. The van der Waals surface area contributed by atoms with Crippen molar-refractivity contribution in [1.82, 2.24) is 19.7 Å². The second-order valence-corrected chi connectivity index (χ2v) is 8.83. The standard InChI is InChI=1S/C23H18Cl4N4O/c1-30-10-2-3-21(30)20-13-22(31(29-20)16-6-7-17(25)19(27)12-16)23(32)28-9-8-14-4-5-15(24)11-18(14)26/h2-7,10-13H,8-9H2,1H3,(H,28,32). The molecule has 0 radical (unpaired) electrons. The monoisotopic (exact) mass is 506 g/mol. The molecule has 0 fully saturated rings. The Morgan fingerprint density at radius 1 is 0.969 bits per heavy atom. The molecule has 164 valence electrons. The summed E-state index contributed by atoms with van der Waals surface area (Å²) in [5.41, 5.74) is 3.45. The van der Waals surface area contributed by atoms with E-state index in [-0.39, 0.29) is 5.91 Å². The molecule has 9 heteroatoms. The van der Waals surface area contributed by atoms with Crippen LogP contribution in [0.15, 0.2) is 60.8 Å². The van der Waals surface area contributed by atoms with E-state index in [9.17, 15) is 4.79 Å². The maximum absolute atomic E-state index is 13.1. The third-order valence-electron chi connectivity index (χ3n) is 4.99. The Morgan fingerprint density at radius 3 is 2.47 bits per heavy atom. The zero-order valence-electron chi connectivity index (χ0n) is 16.9. The SMILES string of the molecule is Cn1cccc1-c1cc(C(=O)NCCc2ccc(Cl)cc2Cl)n(-c2ccc(Cl)c(Cl)c2)n1. The number of nitrogens with zero attached hydrogens (tertiary/aromatic N) is 3. The van der Waals surface area contributed by atoms with E-state index in [0.29, 0.717) is 50.1 Å². The highest BCUT2D eigenvalue weighted by atomic mass is 35.5. The molecular weight excluding hydrogens is 490 g/mol. The molecule has 0 saturated carbocycles. The number of hydrogen-bond donors (Lipinski definition) is 1. The van der Waals surface area contributed by atoms with Crippen LogP contribution in [0.1, 0.15) is 16.1 Å². The van der Waals surface area contributed by atoms with E-state index >= 15 is 0 Å². The van der Waals surface area contributed by atoms with Crippen LogP contribution in [-0.2, 0) is 13.5 Å². The molecule has 2 aromatic carbocycles. The zero-order valence-corrected chi connectivity index (χ0v) is 20.0. The normalized spacial score (nSPS) is 11.0. The Morgan fingerprint density at radius 2 is 1.78 bits per heavy atom. The lowest BCUT2D eigenvalue weighted by Crippen LogP contribution is -2.28. The number of halogens is 4. The molecule has 0 bridgehead atoms. The Balaban J connectivity index is 1.62. The van der Waals surface area contributed by atoms with Crippen LogP contribution in [0.3, 0.4) is 0 Å². The van der Waals surface area contributed by atoms with E-state index in [4.69, 9.17) is 46.4 Å². The number of nitrogens with one attached hydrogen (secondary N) is 1. The Bertz CT molecular complexity index is 1300. The first-order valence-corrected chi connectivity index (χ1v) is 11.2. The molecular formula is C23H18Cl4N4O. The third-order valence-corrected chi connectivity index (χ3v) is 6.32. The number of aromatic nitrogens is 3. The largest absolute Gasteiger partial charge is 0.350 e. The summed E-state index contributed by atoms with van der Waals surface area (Å²) < 4.78 is 3.50. The van der Waals surface area contributed by atoms with Gasteiger partial charge in [0.1, 0.15) is 11.4 Å². The van der Waals surface area contributed by atoms with Gasteiger partial charge in [-0.2, -0.15) is 5.10 Å². The molecule has 0 aliphatic heterocycles. The van der Waals surface area contributed by atoms with Gasteiger partial charge in [0.25, 0.3) is 5.91 Å². The van der Waals surface area contributed by atoms with E-state index < -0.39 is 0 Å². The van der Waals surface area contributed by atoms with Crippen LogP contribution in [0.2, 0.25) is 20.1 Å². The number of carbonyl (C=O) groups excluding carboxylic acids is 1. The van der Waals surface area contributed by atoms with Gasteiger partial charge in [-0.1, -0.05) is 52.5 Å². The Labute approximate surface area is 205 Å². The molecule has 0 unspecified atom stereocenters. The van der Waals surface area contributed by atoms with Crippen LogP contribution in [-0.4, -0.2) is 26.8 Å². The lowest BCUT2D eigenvalue weighted by atomic mass is 10.1. The summed E-state index contributed by atoms with van der Waals surface area (Å²) in [6, 6.07) is 16.0. The fourth-order valence-corrected chi connectivity index (χ4v) is 4.13. The minimum Gasteiger partial charge on any atom is -0.350 e. The number of carbonyl (C=O) groups is 1. The molecule has 2 heterocycles. The fraction of sp³-hybridized carbons (Fsp3) is 0.130. The van der Waals surface area contributed by atoms with Crippen molar-refractivity contribution in [3.8, 4) is 17.1 Å². The van der Waals surface area contributed by atoms with Gasteiger partial charge in [-0.25, -0.2) is 4.68 Å². The van der Waals surface area contributed by atoms with Crippen molar-refractivity contribution < 1.29 is 4.79 Å². The predicted molar refractivity (Wildman–Crippen MR) is 130 cm³/mol. The first-order chi connectivity index (χ1) is 15.3. The molecule has 0 spiro atoms. The van der Waals surface area contributed by atoms with Crippen LogP contribution >= 0.6 is 46.4 Å². The van der Waals surface area contributed by atoms with Crippen LogP contribution in [0.5, 0.6) is 0 Å². The average molecular weight is 508 g/mol. The second-order valence-electron chi connectivity index (χ2n) is 7.17. The lowest BCUT2D eigenvalue weighted by Gasteiger charge is -2.10. The summed E-state index contributed by atoms with van der Waals surface area (Å²) in [6.07, 6.45) is 2.48. The first kappa shape index (κ1) is 22.7. The summed E-state index contributed by atoms with van der Waals surface area (Å²) in [4.78, 5) is 13.1. The van der Waals surface area contributed by atoms with E-state index in [0.717, 1.165) is 11.3 Å². The average Bonchev–Trinajstić information content (AvgIpc) is 3.38. The summed E-state index contributed by atoms with van der Waals surface area (Å²) in [7, 11) is 1.92. The number of hydrogen-bond acceptors (Lipinski definition) is 2. The molecule has 0 aliphatic rings. The van der Waals surface area contributed by atoms with Gasteiger partial charge in [0.15, 0.2) is 0 Å². The number of amides is 1. The molecule has 2 aromatic heterocycles. The predicted octanol–water partition coefficient (Wildman–Crippen LogP) is 6.46. The molecule has 0 aliphatic carbocycles. The molecule has 0 atom stereocenters. The molecule has 5 nitrogen and oxygen atoms in total. The summed E-state index contributed by atoms with van der Waals surface area (Å²) in [5, 5.41) is 9.55. The van der Waals surface area contributed by atoms with E-state index in [1.54, 1.807) is 41.1 Å². The molecule has 4 rings (SSSR count). The van der Waals surface area contributed by atoms with Crippen molar-refractivity contribution >= 4 is 52.3 Å². The van der Waals surface area contributed by atoms with Crippen LogP contribution in [0.4, 0.5) is 0 Å². The van der Waals surface area contributed by atoms with Gasteiger partial charge in [0.2, 0.25) is 0 Å². The number of aryl methyl sites for hydroxylation is 1. The highest BCUT2D eigenvalue weighted by Gasteiger charge is 2.19. The number of benzene rings is 2. The van der Waals surface area contributed by atoms with Crippen molar-refractivity contribution in [3.05, 3.63) is 92.1 Å². The molecule has 1 amide bonds. The van der Waals surface area contributed by atoms with Gasteiger partial charge in [-0.05, 0) is 60.5 Å². The van der Waals surface area contributed by atoms with Gasteiger partial charge in [0, 0.05) is 29.8 Å². The lowest BCUT2D eigenvalue weighted by molar-refractivity contribution is 0.0946. The van der Waals surface area contributed by atoms with Crippen molar-refractivity contribution in [2.24, 2.45) is 7.05 Å². The molecule has 1 N–H and O–H groups in total. The maximum Gasteiger partial charge on any atom is 0.270 e. The van der Waals surface area contributed by atoms with Crippen LogP contribution in [0.25, 0.3) is 17.1 Å². The van der Waals surface area contributed by atoms with Crippen molar-refractivity contribution in [3.63, 3.8) is 0 Å². The quantitative estimate of drug-likeness (QED) is 0.325. The molecule has 32 heavy (non-hydrogen) atoms. The summed E-state index contributed by atoms with van der Waals surface area (Å²) in [6.45, 7) is 0.395.